The van der Waals surface area contributed by atoms with Gasteiger partial charge in [0.1, 0.15) is 19.3 Å². The number of ether oxygens (including phenoxy) is 4. The van der Waals surface area contributed by atoms with Crippen LogP contribution in [-0.4, -0.2) is 96.7 Å². The Morgan fingerprint density at radius 1 is 0.276 bits per heavy atom. The molecule has 0 saturated heterocycles. The molecule has 2 unspecified atom stereocenters. The van der Waals surface area contributed by atoms with Crippen LogP contribution >= 0.6 is 15.6 Å². The van der Waals surface area contributed by atoms with Gasteiger partial charge in [-0.2, -0.15) is 0 Å². The number of aliphatic hydroxyl groups is 1. The van der Waals surface area contributed by atoms with E-state index in [0.29, 0.717) is 25.7 Å². The van der Waals surface area contributed by atoms with E-state index in [9.17, 15) is 43.2 Å². The van der Waals surface area contributed by atoms with Gasteiger partial charge in [-0.05, 0) is 37.5 Å². The summed E-state index contributed by atoms with van der Waals surface area (Å²) in [6, 6.07) is 0. The second-order valence-corrected chi connectivity index (χ2v) is 32.3. The van der Waals surface area contributed by atoms with E-state index in [0.717, 1.165) is 102 Å². The maximum Gasteiger partial charge on any atom is 0.472 e. The molecule has 0 bridgehead atoms. The van der Waals surface area contributed by atoms with E-state index in [2.05, 4.69) is 41.5 Å². The number of hydrogen-bond acceptors (Lipinski definition) is 15. The zero-order chi connectivity index (χ0) is 72.1. The highest BCUT2D eigenvalue weighted by Crippen LogP contribution is 2.45. The molecule has 0 heterocycles. The number of esters is 4. The van der Waals surface area contributed by atoms with Crippen LogP contribution in [-0.2, 0) is 65.4 Å². The first kappa shape index (κ1) is 96.1. The molecular formula is C79H154O17P2. The summed E-state index contributed by atoms with van der Waals surface area (Å²) in [4.78, 5) is 73.0. The standard InChI is InChI=1S/C79H154O17P2/c1-7-9-11-13-15-17-19-20-21-24-27-31-38-44-50-56-62-77(82)90-68-74(95-78(83)63-57-51-45-39-32-28-25-22-23-26-30-35-41-47-53-59-71(3)4)69-93-97(85,86)91-65-73(80)66-92-98(87,88)94-70-75(67-89-76(81)61-55-49-43-37-29-18-16-14-12-10-8-2)96-79(84)64-58-52-46-40-34-33-36-42-48-54-60-72(5)6/h71-75,80H,7-70H2,1-6H3,(H,85,86)(H,87,88)/t73-,74-,75-/m1/s1. The summed E-state index contributed by atoms with van der Waals surface area (Å²) >= 11 is 0. The zero-order valence-corrected chi connectivity index (χ0v) is 65.9. The van der Waals surface area contributed by atoms with E-state index in [-0.39, 0.29) is 25.7 Å². The van der Waals surface area contributed by atoms with Gasteiger partial charge >= 0.3 is 39.5 Å². The number of aliphatic hydroxyl groups excluding tert-OH is 1. The molecule has 0 aromatic rings. The topological polar surface area (TPSA) is 237 Å². The predicted octanol–water partition coefficient (Wildman–Crippen LogP) is 23.5. The average Bonchev–Trinajstić information content (AvgIpc) is 1.82. The Labute approximate surface area is 600 Å². The van der Waals surface area contributed by atoms with E-state index in [1.165, 1.54) is 231 Å². The second kappa shape index (κ2) is 70.7. The van der Waals surface area contributed by atoms with Crippen LogP contribution in [0.4, 0.5) is 0 Å². The molecule has 0 aliphatic carbocycles. The summed E-state index contributed by atoms with van der Waals surface area (Å²) in [6.07, 6.45) is 59.5. The van der Waals surface area contributed by atoms with Crippen molar-refractivity contribution in [3.8, 4) is 0 Å². The fraction of sp³-hybridized carbons (Fsp3) is 0.949. The molecule has 0 amide bonds. The summed E-state index contributed by atoms with van der Waals surface area (Å²) in [5.41, 5.74) is 0. The highest BCUT2D eigenvalue weighted by Gasteiger charge is 2.30. The van der Waals surface area contributed by atoms with Crippen molar-refractivity contribution in [1.82, 2.24) is 0 Å². The van der Waals surface area contributed by atoms with Crippen LogP contribution < -0.4 is 0 Å². The minimum atomic E-state index is -4.96. The van der Waals surface area contributed by atoms with Crippen LogP contribution in [0.1, 0.15) is 414 Å². The Morgan fingerprint density at radius 3 is 0.694 bits per heavy atom. The molecule has 0 rings (SSSR count). The number of carbonyl (C=O) groups is 4. The Bertz CT molecular complexity index is 1890. The van der Waals surface area contributed by atoms with Crippen molar-refractivity contribution in [2.24, 2.45) is 11.8 Å². The van der Waals surface area contributed by atoms with Crippen molar-refractivity contribution in [1.29, 1.82) is 0 Å². The molecular weight excluding hydrogens is 1280 g/mol. The first-order valence-electron chi connectivity index (χ1n) is 41.0. The quantitative estimate of drug-likeness (QED) is 0.0222. The van der Waals surface area contributed by atoms with Crippen LogP contribution in [0.25, 0.3) is 0 Å². The van der Waals surface area contributed by atoms with Crippen molar-refractivity contribution in [2.75, 3.05) is 39.6 Å². The maximum absolute atomic E-state index is 13.1. The van der Waals surface area contributed by atoms with Gasteiger partial charge in [0.2, 0.25) is 0 Å². The van der Waals surface area contributed by atoms with E-state index < -0.39 is 97.5 Å². The molecule has 19 heteroatoms. The van der Waals surface area contributed by atoms with E-state index >= 15 is 0 Å². The third kappa shape index (κ3) is 72.4. The van der Waals surface area contributed by atoms with Crippen molar-refractivity contribution in [2.45, 2.75) is 432 Å². The van der Waals surface area contributed by atoms with Crippen LogP contribution in [0.2, 0.25) is 0 Å². The molecule has 0 aromatic heterocycles. The van der Waals surface area contributed by atoms with Gasteiger partial charge in [-0.3, -0.25) is 37.3 Å². The molecule has 3 N–H and O–H groups in total. The van der Waals surface area contributed by atoms with Crippen LogP contribution in [0.15, 0.2) is 0 Å². The normalized spacial score (nSPS) is 13.9. The fourth-order valence-electron chi connectivity index (χ4n) is 12.2. The Balaban J connectivity index is 5.25. The molecule has 17 nitrogen and oxygen atoms in total. The minimum Gasteiger partial charge on any atom is -0.462 e. The van der Waals surface area contributed by atoms with Gasteiger partial charge in [0, 0.05) is 25.7 Å². The first-order chi connectivity index (χ1) is 47.4. The first-order valence-corrected chi connectivity index (χ1v) is 44.0. The second-order valence-electron chi connectivity index (χ2n) is 29.4. The largest absolute Gasteiger partial charge is 0.472 e. The molecule has 0 aromatic carbocycles. The number of rotatable bonds is 78. The monoisotopic (exact) mass is 1440 g/mol. The number of unbranched alkanes of at least 4 members (excludes halogenated alkanes) is 48. The minimum absolute atomic E-state index is 0.106. The molecule has 0 spiro atoms. The lowest BCUT2D eigenvalue weighted by Gasteiger charge is -2.21. The lowest BCUT2D eigenvalue weighted by Crippen LogP contribution is -2.30. The van der Waals surface area contributed by atoms with E-state index in [1.807, 2.05) is 0 Å². The zero-order valence-electron chi connectivity index (χ0n) is 64.1. The number of carbonyl (C=O) groups excluding carboxylic acids is 4. The molecule has 0 aliphatic rings. The number of hydrogen-bond donors (Lipinski definition) is 3. The predicted molar refractivity (Wildman–Crippen MR) is 400 cm³/mol. The third-order valence-electron chi connectivity index (χ3n) is 18.5. The van der Waals surface area contributed by atoms with Gasteiger partial charge < -0.3 is 33.8 Å². The van der Waals surface area contributed by atoms with E-state index in [4.69, 9.17) is 37.0 Å². The van der Waals surface area contributed by atoms with Gasteiger partial charge in [0.25, 0.3) is 0 Å². The van der Waals surface area contributed by atoms with Gasteiger partial charge in [0.15, 0.2) is 12.2 Å². The van der Waals surface area contributed by atoms with E-state index in [1.54, 1.807) is 0 Å². The molecule has 582 valence electrons. The van der Waals surface area contributed by atoms with Crippen molar-refractivity contribution in [3.05, 3.63) is 0 Å². The van der Waals surface area contributed by atoms with Crippen molar-refractivity contribution < 1.29 is 80.2 Å². The average molecular weight is 1440 g/mol. The van der Waals surface area contributed by atoms with Gasteiger partial charge in [-0.25, -0.2) is 9.13 Å². The summed E-state index contributed by atoms with van der Waals surface area (Å²) in [6.45, 7) is 9.64. The van der Waals surface area contributed by atoms with Gasteiger partial charge in [-0.15, -0.1) is 0 Å². The van der Waals surface area contributed by atoms with Crippen LogP contribution in [0.5, 0.6) is 0 Å². The summed E-state index contributed by atoms with van der Waals surface area (Å²) < 4.78 is 68.7. The highest BCUT2D eigenvalue weighted by molar-refractivity contribution is 7.47. The fourth-order valence-corrected chi connectivity index (χ4v) is 13.8. The molecule has 5 atom stereocenters. The summed E-state index contributed by atoms with van der Waals surface area (Å²) in [5.74, 6) is -0.555. The van der Waals surface area contributed by atoms with Crippen molar-refractivity contribution in [3.63, 3.8) is 0 Å². The smallest absolute Gasteiger partial charge is 0.462 e. The summed E-state index contributed by atoms with van der Waals surface area (Å²) in [5, 5.41) is 10.6. The Kier molecular flexibility index (Phi) is 69.3. The van der Waals surface area contributed by atoms with Crippen LogP contribution in [0.3, 0.4) is 0 Å². The van der Waals surface area contributed by atoms with Gasteiger partial charge in [0.05, 0.1) is 26.4 Å². The Hall–Kier alpha value is -1.94. The lowest BCUT2D eigenvalue weighted by molar-refractivity contribution is -0.161. The number of phosphoric acid groups is 2. The lowest BCUT2D eigenvalue weighted by atomic mass is 10.0. The van der Waals surface area contributed by atoms with Gasteiger partial charge in [-0.1, -0.05) is 363 Å². The summed E-state index contributed by atoms with van der Waals surface area (Å²) in [7, 11) is -9.92. The molecule has 0 saturated carbocycles. The molecule has 0 radical (unpaired) electrons. The highest BCUT2D eigenvalue weighted by atomic mass is 31.2. The Morgan fingerprint density at radius 2 is 0.469 bits per heavy atom. The maximum atomic E-state index is 13.1. The molecule has 98 heavy (non-hydrogen) atoms. The molecule has 0 aliphatic heterocycles. The number of phosphoric ester groups is 2. The third-order valence-corrected chi connectivity index (χ3v) is 20.4. The van der Waals surface area contributed by atoms with Crippen molar-refractivity contribution >= 4 is 39.5 Å². The SMILES string of the molecule is CCCCCCCCCCCCCCCCCCC(=O)OC[C@H](COP(=O)(O)OC[C@@H](O)COP(=O)(O)OC[C@@H](COC(=O)CCCCCCCCCCCCC)OC(=O)CCCCCCCCCCCCC(C)C)OC(=O)CCCCCCCCCCCCCCCCCC(C)C. The molecule has 0 fully saturated rings. The van der Waals surface area contributed by atoms with Crippen LogP contribution in [0, 0.1) is 11.8 Å².